The summed E-state index contributed by atoms with van der Waals surface area (Å²) < 4.78 is 1.16. The van der Waals surface area contributed by atoms with E-state index in [2.05, 4.69) is 46.4 Å². The van der Waals surface area contributed by atoms with Gasteiger partial charge in [0.1, 0.15) is 0 Å². The SMILES string of the molecule is CC1CCCNc2cc(Br)ccc21. The Hall–Kier alpha value is -0.500. The number of nitrogens with one attached hydrogen (secondary N) is 1. The molecule has 1 atom stereocenters. The van der Waals surface area contributed by atoms with Crippen LogP contribution in [0.15, 0.2) is 22.7 Å². The van der Waals surface area contributed by atoms with E-state index in [0.717, 1.165) is 11.0 Å². The second-order valence-electron chi connectivity index (χ2n) is 3.70. The second kappa shape index (κ2) is 3.70. The molecule has 0 saturated carbocycles. The molecule has 1 aromatic rings. The topological polar surface area (TPSA) is 12.0 Å². The highest BCUT2D eigenvalue weighted by atomic mass is 79.9. The molecule has 1 nitrogen and oxygen atoms in total. The predicted octanol–water partition coefficient (Wildman–Crippen LogP) is 3.76. The first-order valence-electron chi connectivity index (χ1n) is 4.80. The van der Waals surface area contributed by atoms with Crippen LogP contribution in [0.4, 0.5) is 5.69 Å². The Morgan fingerprint density at radius 1 is 1.46 bits per heavy atom. The minimum atomic E-state index is 0.693. The lowest BCUT2D eigenvalue weighted by Crippen LogP contribution is -1.99. The van der Waals surface area contributed by atoms with Crippen LogP contribution in [-0.2, 0) is 0 Å². The van der Waals surface area contributed by atoms with E-state index in [1.807, 2.05) is 0 Å². The Kier molecular flexibility index (Phi) is 2.58. The molecule has 1 N–H and O–H groups in total. The van der Waals surface area contributed by atoms with E-state index in [0.29, 0.717) is 5.92 Å². The zero-order valence-corrected chi connectivity index (χ0v) is 9.39. The lowest BCUT2D eigenvalue weighted by molar-refractivity contribution is 0.667. The maximum Gasteiger partial charge on any atom is 0.0386 e. The van der Waals surface area contributed by atoms with Crippen molar-refractivity contribution < 1.29 is 0 Å². The number of halogens is 1. The largest absolute Gasteiger partial charge is 0.385 e. The predicted molar refractivity (Wildman–Crippen MR) is 60.3 cm³/mol. The molecule has 1 aliphatic heterocycles. The smallest absolute Gasteiger partial charge is 0.0386 e. The molecular formula is C11H14BrN. The van der Waals surface area contributed by atoms with Crippen molar-refractivity contribution >= 4 is 21.6 Å². The Bertz CT molecular complexity index is 309. The summed E-state index contributed by atoms with van der Waals surface area (Å²) in [5.41, 5.74) is 2.76. The summed E-state index contributed by atoms with van der Waals surface area (Å²) in [4.78, 5) is 0. The summed E-state index contributed by atoms with van der Waals surface area (Å²) in [5.74, 6) is 0.693. The molecule has 0 saturated heterocycles. The van der Waals surface area contributed by atoms with Gasteiger partial charge in [0, 0.05) is 16.7 Å². The molecule has 70 valence electrons. The molecule has 0 amide bonds. The van der Waals surface area contributed by atoms with Crippen molar-refractivity contribution in [1.82, 2.24) is 0 Å². The Labute approximate surface area is 87.7 Å². The van der Waals surface area contributed by atoms with E-state index < -0.39 is 0 Å². The molecule has 0 aliphatic carbocycles. The molecule has 1 heterocycles. The number of hydrogen-bond donors (Lipinski definition) is 1. The van der Waals surface area contributed by atoms with Gasteiger partial charge in [0.15, 0.2) is 0 Å². The van der Waals surface area contributed by atoms with Gasteiger partial charge < -0.3 is 5.32 Å². The van der Waals surface area contributed by atoms with Crippen LogP contribution in [0.5, 0.6) is 0 Å². The van der Waals surface area contributed by atoms with Gasteiger partial charge in [0.2, 0.25) is 0 Å². The Balaban J connectivity index is 2.42. The van der Waals surface area contributed by atoms with Crippen molar-refractivity contribution in [3.8, 4) is 0 Å². The highest BCUT2D eigenvalue weighted by Gasteiger charge is 2.13. The number of hydrogen-bond acceptors (Lipinski definition) is 1. The third-order valence-electron chi connectivity index (χ3n) is 2.68. The fourth-order valence-corrected chi connectivity index (χ4v) is 2.26. The van der Waals surface area contributed by atoms with E-state index in [9.17, 15) is 0 Å². The van der Waals surface area contributed by atoms with Gasteiger partial charge in [-0.1, -0.05) is 28.9 Å². The third kappa shape index (κ3) is 1.88. The molecule has 0 radical (unpaired) electrons. The van der Waals surface area contributed by atoms with Gasteiger partial charge in [-0.05, 0) is 36.5 Å². The van der Waals surface area contributed by atoms with Crippen molar-refractivity contribution in [1.29, 1.82) is 0 Å². The Morgan fingerprint density at radius 3 is 3.15 bits per heavy atom. The van der Waals surface area contributed by atoms with Gasteiger partial charge in [-0.25, -0.2) is 0 Å². The van der Waals surface area contributed by atoms with Gasteiger partial charge in [-0.2, -0.15) is 0 Å². The molecule has 0 spiro atoms. The van der Waals surface area contributed by atoms with Crippen LogP contribution < -0.4 is 5.32 Å². The minimum Gasteiger partial charge on any atom is -0.385 e. The maximum absolute atomic E-state index is 3.50. The first-order valence-corrected chi connectivity index (χ1v) is 5.60. The summed E-state index contributed by atoms with van der Waals surface area (Å²) in [5, 5.41) is 3.47. The van der Waals surface area contributed by atoms with Crippen LogP contribution in [0.1, 0.15) is 31.2 Å². The average molecular weight is 240 g/mol. The fraction of sp³-hybridized carbons (Fsp3) is 0.455. The van der Waals surface area contributed by atoms with Crippen molar-refractivity contribution in [2.75, 3.05) is 11.9 Å². The summed E-state index contributed by atoms with van der Waals surface area (Å²) in [7, 11) is 0. The molecule has 2 rings (SSSR count). The van der Waals surface area contributed by atoms with Crippen molar-refractivity contribution in [2.45, 2.75) is 25.7 Å². The monoisotopic (exact) mass is 239 g/mol. The van der Waals surface area contributed by atoms with Gasteiger partial charge >= 0.3 is 0 Å². The summed E-state index contributed by atoms with van der Waals surface area (Å²) in [6.45, 7) is 3.41. The zero-order valence-electron chi connectivity index (χ0n) is 7.81. The van der Waals surface area contributed by atoms with E-state index in [1.165, 1.54) is 24.1 Å². The second-order valence-corrected chi connectivity index (χ2v) is 4.62. The van der Waals surface area contributed by atoms with Crippen LogP contribution in [0.2, 0.25) is 0 Å². The number of benzene rings is 1. The summed E-state index contributed by atoms with van der Waals surface area (Å²) >= 11 is 3.50. The molecule has 0 fully saturated rings. The molecule has 2 heteroatoms. The molecule has 13 heavy (non-hydrogen) atoms. The number of rotatable bonds is 0. The van der Waals surface area contributed by atoms with Gasteiger partial charge in [-0.15, -0.1) is 0 Å². The minimum absolute atomic E-state index is 0.693. The fourth-order valence-electron chi connectivity index (χ4n) is 1.90. The van der Waals surface area contributed by atoms with Crippen LogP contribution in [-0.4, -0.2) is 6.54 Å². The summed E-state index contributed by atoms with van der Waals surface area (Å²) in [6, 6.07) is 6.53. The standard InChI is InChI=1S/C11H14BrN/c1-8-3-2-6-13-11-7-9(12)4-5-10(8)11/h4-5,7-8,13H,2-3,6H2,1H3. The maximum atomic E-state index is 3.50. The lowest BCUT2D eigenvalue weighted by Gasteiger charge is -2.12. The van der Waals surface area contributed by atoms with Crippen molar-refractivity contribution in [2.24, 2.45) is 0 Å². The van der Waals surface area contributed by atoms with Crippen LogP contribution in [0, 0.1) is 0 Å². The molecular weight excluding hydrogens is 226 g/mol. The number of fused-ring (bicyclic) bond motifs is 1. The molecule has 1 aromatic carbocycles. The first kappa shape index (κ1) is 9.07. The highest BCUT2D eigenvalue weighted by molar-refractivity contribution is 9.10. The van der Waals surface area contributed by atoms with Crippen LogP contribution >= 0.6 is 15.9 Å². The highest BCUT2D eigenvalue weighted by Crippen LogP contribution is 2.32. The normalized spacial score (nSPS) is 21.5. The van der Waals surface area contributed by atoms with E-state index >= 15 is 0 Å². The van der Waals surface area contributed by atoms with Crippen molar-refractivity contribution in [3.63, 3.8) is 0 Å². The molecule has 0 aromatic heterocycles. The Morgan fingerprint density at radius 2 is 2.31 bits per heavy atom. The molecule has 1 unspecified atom stereocenters. The third-order valence-corrected chi connectivity index (χ3v) is 3.17. The quantitative estimate of drug-likeness (QED) is 0.728. The van der Waals surface area contributed by atoms with E-state index in [4.69, 9.17) is 0 Å². The van der Waals surface area contributed by atoms with E-state index in [1.54, 1.807) is 0 Å². The number of anilines is 1. The molecule has 1 aliphatic rings. The first-order chi connectivity index (χ1) is 6.27. The lowest BCUT2D eigenvalue weighted by atomic mass is 9.96. The van der Waals surface area contributed by atoms with Crippen LogP contribution in [0.3, 0.4) is 0 Å². The van der Waals surface area contributed by atoms with E-state index in [-0.39, 0.29) is 0 Å². The van der Waals surface area contributed by atoms with Crippen molar-refractivity contribution in [3.05, 3.63) is 28.2 Å². The zero-order chi connectivity index (χ0) is 9.26. The van der Waals surface area contributed by atoms with Gasteiger partial charge in [0.05, 0.1) is 0 Å². The average Bonchev–Trinajstić information content (AvgIpc) is 2.28. The summed E-state index contributed by atoms with van der Waals surface area (Å²) in [6.07, 6.45) is 2.56. The van der Waals surface area contributed by atoms with Gasteiger partial charge in [0.25, 0.3) is 0 Å². The van der Waals surface area contributed by atoms with Crippen LogP contribution in [0.25, 0.3) is 0 Å². The molecule has 0 bridgehead atoms. The van der Waals surface area contributed by atoms with Gasteiger partial charge in [-0.3, -0.25) is 0 Å².